The van der Waals surface area contributed by atoms with Crippen molar-refractivity contribution < 1.29 is 20.1 Å². The first-order valence-electron chi connectivity index (χ1n) is 12.0. The predicted molar refractivity (Wildman–Crippen MR) is 124 cm³/mol. The highest BCUT2D eigenvalue weighted by molar-refractivity contribution is 5.66. The topological polar surface area (TPSA) is 77.8 Å². The van der Waals surface area contributed by atoms with E-state index < -0.39 is 12.1 Å². The third-order valence-electron chi connectivity index (χ3n) is 7.18. The van der Waals surface area contributed by atoms with Crippen LogP contribution in [0.4, 0.5) is 0 Å². The second-order valence-electron chi connectivity index (χ2n) is 9.40. The molecular weight excluding hydrogens is 388 g/mol. The van der Waals surface area contributed by atoms with E-state index in [4.69, 9.17) is 5.11 Å². The molecule has 2 saturated carbocycles. The van der Waals surface area contributed by atoms with Crippen LogP contribution in [0.2, 0.25) is 0 Å². The molecule has 170 valence electrons. The lowest BCUT2D eigenvalue weighted by molar-refractivity contribution is -0.137. The molecule has 3 N–H and O–H groups in total. The zero-order valence-electron chi connectivity index (χ0n) is 18.7. The van der Waals surface area contributed by atoms with E-state index in [0.717, 1.165) is 44.9 Å². The molecule has 0 bridgehead atoms. The number of fused-ring (bicyclic) bond motifs is 1. The Morgan fingerprint density at radius 1 is 1.19 bits per heavy atom. The van der Waals surface area contributed by atoms with Gasteiger partial charge in [-0.3, -0.25) is 4.79 Å². The first-order valence-corrected chi connectivity index (χ1v) is 12.0. The summed E-state index contributed by atoms with van der Waals surface area (Å²) in [6.07, 6.45) is 13.0. The molecule has 4 heteroatoms. The van der Waals surface area contributed by atoms with Gasteiger partial charge in [0.15, 0.2) is 0 Å². The normalized spacial score (nSPS) is 28.8. The van der Waals surface area contributed by atoms with Crippen molar-refractivity contribution in [1.29, 1.82) is 0 Å². The molecule has 0 heterocycles. The first kappa shape index (κ1) is 23.7. The number of aliphatic hydroxyl groups is 2. The molecule has 0 saturated heterocycles. The number of unbranched alkanes of at least 4 members (excludes halogenated alkanes) is 2. The van der Waals surface area contributed by atoms with Crippen LogP contribution in [-0.2, 0) is 4.79 Å². The van der Waals surface area contributed by atoms with Crippen LogP contribution >= 0.6 is 0 Å². The van der Waals surface area contributed by atoms with Crippen LogP contribution in [0.5, 0.6) is 0 Å². The Morgan fingerprint density at radius 3 is 2.68 bits per heavy atom. The van der Waals surface area contributed by atoms with Crippen molar-refractivity contribution in [2.75, 3.05) is 0 Å². The summed E-state index contributed by atoms with van der Waals surface area (Å²) < 4.78 is 0. The lowest BCUT2D eigenvalue weighted by Gasteiger charge is -2.23. The first-order chi connectivity index (χ1) is 15.0. The number of aliphatic carboxylic acids is 1. The van der Waals surface area contributed by atoms with Gasteiger partial charge in [0.1, 0.15) is 0 Å². The average Bonchev–Trinajstić information content (AvgIpc) is 3.27. The van der Waals surface area contributed by atoms with Crippen molar-refractivity contribution in [3.05, 3.63) is 59.7 Å². The molecule has 1 unspecified atom stereocenters. The van der Waals surface area contributed by atoms with E-state index in [9.17, 15) is 15.0 Å². The number of allylic oxidation sites excluding steroid dienone is 2. The Bertz CT molecular complexity index is 754. The monoisotopic (exact) mass is 426 g/mol. The summed E-state index contributed by atoms with van der Waals surface area (Å²) in [7, 11) is 0. The van der Waals surface area contributed by atoms with E-state index in [-0.39, 0.29) is 24.4 Å². The Morgan fingerprint density at radius 2 is 1.97 bits per heavy atom. The summed E-state index contributed by atoms with van der Waals surface area (Å²) in [5.41, 5.74) is 2.58. The number of rotatable bonds is 11. The second kappa shape index (κ2) is 11.6. The molecule has 2 aliphatic carbocycles. The van der Waals surface area contributed by atoms with Crippen LogP contribution in [0.25, 0.3) is 0 Å². The third-order valence-corrected chi connectivity index (χ3v) is 7.18. The molecule has 4 nitrogen and oxygen atoms in total. The van der Waals surface area contributed by atoms with Crippen molar-refractivity contribution in [2.24, 2.45) is 17.8 Å². The maximum atomic E-state index is 11.0. The molecule has 31 heavy (non-hydrogen) atoms. The quantitative estimate of drug-likeness (QED) is 0.324. The van der Waals surface area contributed by atoms with Gasteiger partial charge in [-0.2, -0.15) is 0 Å². The van der Waals surface area contributed by atoms with Gasteiger partial charge in [0, 0.05) is 18.3 Å². The van der Waals surface area contributed by atoms with Crippen LogP contribution < -0.4 is 0 Å². The zero-order valence-corrected chi connectivity index (χ0v) is 18.7. The SMILES string of the molecule is CCCCC(c1ccccc1)[C@@H](O)C=C[C@@H]1[C@H]2CC(=CCCCC(=O)O)C[C@@H]2C[C@H]1O. The van der Waals surface area contributed by atoms with Crippen LogP contribution in [0.1, 0.15) is 76.2 Å². The molecule has 1 aromatic carbocycles. The summed E-state index contributed by atoms with van der Waals surface area (Å²) >= 11 is 0. The van der Waals surface area contributed by atoms with Gasteiger partial charge in [0.25, 0.3) is 0 Å². The highest BCUT2D eigenvalue weighted by atomic mass is 16.4. The van der Waals surface area contributed by atoms with Gasteiger partial charge in [-0.1, -0.05) is 73.9 Å². The highest BCUT2D eigenvalue weighted by Gasteiger charge is 2.45. The van der Waals surface area contributed by atoms with Gasteiger partial charge in [0.05, 0.1) is 12.2 Å². The molecular formula is C27H38O4. The zero-order chi connectivity index (χ0) is 22.2. The van der Waals surface area contributed by atoms with Gasteiger partial charge in [-0.25, -0.2) is 0 Å². The van der Waals surface area contributed by atoms with E-state index in [1.54, 1.807) is 0 Å². The van der Waals surface area contributed by atoms with Crippen LogP contribution in [0, 0.1) is 17.8 Å². The van der Waals surface area contributed by atoms with Crippen molar-refractivity contribution in [2.45, 2.75) is 82.8 Å². The fourth-order valence-corrected chi connectivity index (χ4v) is 5.53. The van der Waals surface area contributed by atoms with Crippen molar-refractivity contribution in [3.63, 3.8) is 0 Å². The minimum absolute atomic E-state index is 0.0833. The Balaban J connectivity index is 1.62. The predicted octanol–water partition coefficient (Wildman–Crippen LogP) is 5.47. The minimum Gasteiger partial charge on any atom is -0.481 e. The number of hydrogen-bond acceptors (Lipinski definition) is 3. The summed E-state index contributed by atoms with van der Waals surface area (Å²) in [5.74, 6) is 0.362. The molecule has 0 aliphatic heterocycles. The largest absolute Gasteiger partial charge is 0.481 e. The van der Waals surface area contributed by atoms with E-state index >= 15 is 0 Å². The maximum absolute atomic E-state index is 11.0. The summed E-state index contributed by atoms with van der Waals surface area (Å²) in [6, 6.07) is 10.2. The van der Waals surface area contributed by atoms with Gasteiger partial charge < -0.3 is 15.3 Å². The number of hydrogen-bond donors (Lipinski definition) is 3. The number of benzene rings is 1. The van der Waals surface area contributed by atoms with Gasteiger partial charge in [-0.05, 0) is 55.9 Å². The fraction of sp³-hybridized carbons (Fsp3) is 0.593. The molecule has 0 amide bonds. The number of carbonyl (C=O) groups is 1. The Labute approximate surface area is 186 Å². The van der Waals surface area contributed by atoms with Gasteiger partial charge in [0.2, 0.25) is 0 Å². The van der Waals surface area contributed by atoms with E-state index in [0.29, 0.717) is 18.3 Å². The van der Waals surface area contributed by atoms with Crippen LogP contribution in [0.15, 0.2) is 54.1 Å². The molecule has 2 aliphatic rings. The minimum atomic E-state index is -0.735. The standard InChI is InChI=1S/C27H38O4/c1-2-3-12-22(20-10-5-4-6-11-20)25(28)15-14-23-24-17-19(9-7-8-13-27(30)31)16-21(24)18-26(23)29/h4-6,9-11,14-15,21-26,28-29H,2-3,7-8,12-13,16-18H2,1H3,(H,30,31)/t21-,22?,23-,24+,25+,26-/m1/s1. The summed E-state index contributed by atoms with van der Waals surface area (Å²) in [5, 5.41) is 30.4. The highest BCUT2D eigenvalue weighted by Crippen LogP contribution is 2.50. The maximum Gasteiger partial charge on any atom is 0.303 e. The van der Waals surface area contributed by atoms with E-state index in [1.807, 2.05) is 24.3 Å². The smallest absolute Gasteiger partial charge is 0.303 e. The third kappa shape index (κ3) is 6.54. The molecule has 0 spiro atoms. The number of carboxylic acid groups (broad SMARTS) is 1. The van der Waals surface area contributed by atoms with Crippen molar-refractivity contribution >= 4 is 5.97 Å². The van der Waals surface area contributed by atoms with Gasteiger partial charge >= 0.3 is 5.97 Å². The average molecular weight is 427 g/mol. The second-order valence-corrected chi connectivity index (χ2v) is 9.40. The molecule has 3 rings (SSSR count). The molecule has 6 atom stereocenters. The van der Waals surface area contributed by atoms with Crippen molar-refractivity contribution in [1.82, 2.24) is 0 Å². The lowest BCUT2D eigenvalue weighted by Crippen LogP contribution is -2.20. The van der Waals surface area contributed by atoms with Gasteiger partial charge in [-0.15, -0.1) is 0 Å². The molecule has 1 aromatic rings. The van der Waals surface area contributed by atoms with E-state index in [1.165, 1.54) is 11.1 Å². The van der Waals surface area contributed by atoms with E-state index in [2.05, 4.69) is 31.2 Å². The molecule has 2 fully saturated rings. The van der Waals surface area contributed by atoms with Crippen molar-refractivity contribution in [3.8, 4) is 0 Å². The van der Waals surface area contributed by atoms with Crippen LogP contribution in [-0.4, -0.2) is 33.5 Å². The van der Waals surface area contributed by atoms with Crippen LogP contribution in [0.3, 0.4) is 0 Å². The number of carboxylic acids is 1. The lowest BCUT2D eigenvalue weighted by atomic mass is 9.86. The number of aliphatic hydroxyl groups excluding tert-OH is 2. The summed E-state index contributed by atoms with van der Waals surface area (Å²) in [6.45, 7) is 2.17. The fourth-order valence-electron chi connectivity index (χ4n) is 5.53. The Hall–Kier alpha value is -1.91. The molecule has 0 aromatic heterocycles. The molecule has 0 radical (unpaired) electrons. The summed E-state index contributed by atoms with van der Waals surface area (Å²) in [4.78, 5) is 10.7. The Kier molecular flexibility index (Phi) is 8.91.